The molecule has 1 fully saturated rings. The van der Waals surface area contributed by atoms with Gasteiger partial charge in [-0.2, -0.15) is 10.2 Å². The van der Waals surface area contributed by atoms with E-state index in [0.717, 1.165) is 37.9 Å². The Labute approximate surface area is 129 Å². The molecule has 2 aromatic rings. The molecule has 2 aromatic heterocycles. The summed E-state index contributed by atoms with van der Waals surface area (Å²) in [7, 11) is 1.88. The molecule has 1 unspecified atom stereocenters. The second-order valence-corrected chi connectivity index (χ2v) is 5.71. The fourth-order valence-electron chi connectivity index (χ4n) is 2.73. The Kier molecular flexibility index (Phi) is 4.53. The van der Waals surface area contributed by atoms with E-state index in [1.165, 1.54) is 0 Å². The largest absolute Gasteiger partial charge is 0.350 e. The third kappa shape index (κ3) is 3.54. The van der Waals surface area contributed by atoms with E-state index in [4.69, 9.17) is 0 Å². The van der Waals surface area contributed by atoms with Gasteiger partial charge in [-0.25, -0.2) is 0 Å². The van der Waals surface area contributed by atoms with Crippen molar-refractivity contribution in [1.82, 2.24) is 30.2 Å². The third-order valence-corrected chi connectivity index (χ3v) is 3.94. The summed E-state index contributed by atoms with van der Waals surface area (Å²) in [6, 6.07) is 2.14. The van der Waals surface area contributed by atoms with Crippen molar-refractivity contribution in [3.8, 4) is 0 Å². The van der Waals surface area contributed by atoms with Gasteiger partial charge in [-0.1, -0.05) is 0 Å². The van der Waals surface area contributed by atoms with Gasteiger partial charge in [0.2, 0.25) is 0 Å². The van der Waals surface area contributed by atoms with Crippen LogP contribution in [-0.4, -0.2) is 45.1 Å². The number of aryl methyl sites for hydroxylation is 1. The van der Waals surface area contributed by atoms with E-state index >= 15 is 0 Å². The predicted molar refractivity (Wildman–Crippen MR) is 82.6 cm³/mol. The van der Waals surface area contributed by atoms with Crippen LogP contribution in [0.25, 0.3) is 0 Å². The third-order valence-electron chi connectivity index (χ3n) is 3.94. The van der Waals surface area contributed by atoms with Crippen LogP contribution in [0.15, 0.2) is 24.7 Å². The lowest BCUT2D eigenvalue weighted by Crippen LogP contribution is -2.32. The quantitative estimate of drug-likeness (QED) is 0.844. The topological polar surface area (TPSA) is 76.8 Å². The van der Waals surface area contributed by atoms with Gasteiger partial charge < -0.3 is 10.6 Å². The van der Waals surface area contributed by atoms with Crippen molar-refractivity contribution in [2.75, 3.05) is 19.6 Å². The number of amides is 1. The normalized spacial score (nSPS) is 18.3. The zero-order chi connectivity index (χ0) is 15.4. The van der Waals surface area contributed by atoms with Crippen LogP contribution in [0.1, 0.15) is 34.9 Å². The molecule has 7 heteroatoms. The average molecular weight is 302 g/mol. The number of aromatic nitrogens is 4. The highest BCUT2D eigenvalue weighted by atomic mass is 16.1. The summed E-state index contributed by atoms with van der Waals surface area (Å²) in [6.07, 6.45) is 8.70. The fourth-order valence-corrected chi connectivity index (χ4v) is 2.73. The molecule has 1 amide bonds. The molecule has 0 spiro atoms. The zero-order valence-corrected chi connectivity index (χ0v) is 12.8. The van der Waals surface area contributed by atoms with Gasteiger partial charge in [0.15, 0.2) is 0 Å². The smallest absolute Gasteiger partial charge is 0.271 e. The number of piperidine rings is 1. The van der Waals surface area contributed by atoms with E-state index < -0.39 is 0 Å². The van der Waals surface area contributed by atoms with Crippen LogP contribution >= 0.6 is 0 Å². The van der Waals surface area contributed by atoms with E-state index in [0.29, 0.717) is 18.3 Å². The van der Waals surface area contributed by atoms with Gasteiger partial charge in [-0.05, 0) is 37.4 Å². The van der Waals surface area contributed by atoms with Crippen molar-refractivity contribution in [3.05, 3.63) is 35.9 Å². The highest BCUT2D eigenvalue weighted by Crippen LogP contribution is 2.15. The van der Waals surface area contributed by atoms with Gasteiger partial charge >= 0.3 is 0 Å². The molecule has 7 nitrogen and oxygen atoms in total. The first-order valence-corrected chi connectivity index (χ1v) is 7.74. The van der Waals surface area contributed by atoms with Gasteiger partial charge in [0.1, 0.15) is 5.69 Å². The van der Waals surface area contributed by atoms with Gasteiger partial charge in [0.25, 0.3) is 5.91 Å². The van der Waals surface area contributed by atoms with Crippen LogP contribution in [0, 0.1) is 0 Å². The maximum absolute atomic E-state index is 12.1. The molecule has 2 N–H and O–H groups in total. The number of rotatable bonds is 5. The molecule has 1 aliphatic rings. The average Bonchev–Trinajstić information content (AvgIpc) is 3.17. The SMILES string of the molecule is Cn1cc(CCNC(=O)c2ccn(C3CCCNC3)n2)cn1. The molecular formula is C15H22N6O. The van der Waals surface area contributed by atoms with Crippen LogP contribution in [0.3, 0.4) is 0 Å². The van der Waals surface area contributed by atoms with Crippen LogP contribution < -0.4 is 10.6 Å². The summed E-state index contributed by atoms with van der Waals surface area (Å²) in [5.74, 6) is -0.119. The van der Waals surface area contributed by atoms with E-state index in [1.807, 2.05) is 30.3 Å². The number of hydrogen-bond acceptors (Lipinski definition) is 4. The standard InChI is InChI=1S/C15H22N6O/c1-20-11-12(9-18-20)4-7-17-15(22)14-5-8-21(19-14)13-3-2-6-16-10-13/h5,8-9,11,13,16H,2-4,6-7,10H2,1H3,(H,17,22). The summed E-state index contributed by atoms with van der Waals surface area (Å²) in [4.78, 5) is 12.1. The van der Waals surface area contributed by atoms with Crippen molar-refractivity contribution in [2.24, 2.45) is 7.05 Å². The Morgan fingerprint density at radius 3 is 3.18 bits per heavy atom. The van der Waals surface area contributed by atoms with Crippen LogP contribution in [0.4, 0.5) is 0 Å². The Morgan fingerprint density at radius 2 is 2.45 bits per heavy atom. The number of carbonyl (C=O) groups excluding carboxylic acids is 1. The van der Waals surface area contributed by atoms with Crippen LogP contribution in [-0.2, 0) is 13.5 Å². The monoisotopic (exact) mass is 302 g/mol. The second kappa shape index (κ2) is 6.74. The van der Waals surface area contributed by atoms with Gasteiger partial charge in [0.05, 0.1) is 12.2 Å². The molecule has 0 saturated carbocycles. The first kappa shape index (κ1) is 14.8. The fraction of sp³-hybridized carbons (Fsp3) is 0.533. The molecule has 1 saturated heterocycles. The molecule has 3 rings (SSSR count). The Balaban J connectivity index is 1.50. The number of nitrogens with one attached hydrogen (secondary N) is 2. The van der Waals surface area contributed by atoms with Crippen molar-refractivity contribution < 1.29 is 4.79 Å². The maximum Gasteiger partial charge on any atom is 0.271 e. The lowest BCUT2D eigenvalue weighted by molar-refractivity contribution is 0.0948. The Hall–Kier alpha value is -2.15. The van der Waals surface area contributed by atoms with Crippen molar-refractivity contribution in [3.63, 3.8) is 0 Å². The van der Waals surface area contributed by atoms with Crippen molar-refractivity contribution >= 4 is 5.91 Å². The number of nitrogens with zero attached hydrogens (tertiary/aromatic N) is 4. The molecule has 0 radical (unpaired) electrons. The zero-order valence-electron chi connectivity index (χ0n) is 12.8. The highest BCUT2D eigenvalue weighted by molar-refractivity contribution is 5.92. The maximum atomic E-state index is 12.1. The molecule has 1 atom stereocenters. The predicted octanol–water partition coefficient (Wildman–Crippen LogP) is 0.514. The minimum absolute atomic E-state index is 0.119. The molecule has 118 valence electrons. The van der Waals surface area contributed by atoms with E-state index in [1.54, 1.807) is 10.7 Å². The van der Waals surface area contributed by atoms with Crippen molar-refractivity contribution in [2.45, 2.75) is 25.3 Å². The summed E-state index contributed by atoms with van der Waals surface area (Å²) >= 11 is 0. The van der Waals surface area contributed by atoms with Crippen LogP contribution in [0.2, 0.25) is 0 Å². The summed E-state index contributed by atoms with van der Waals surface area (Å²) in [5, 5.41) is 14.8. The van der Waals surface area contributed by atoms with E-state index in [-0.39, 0.29) is 5.91 Å². The lowest BCUT2D eigenvalue weighted by atomic mass is 10.1. The van der Waals surface area contributed by atoms with Gasteiger partial charge in [0, 0.05) is 32.5 Å². The van der Waals surface area contributed by atoms with Crippen LogP contribution in [0.5, 0.6) is 0 Å². The summed E-state index contributed by atoms with van der Waals surface area (Å²) in [6.45, 7) is 2.57. The molecular weight excluding hydrogens is 280 g/mol. The van der Waals surface area contributed by atoms with Crippen molar-refractivity contribution in [1.29, 1.82) is 0 Å². The molecule has 3 heterocycles. The second-order valence-electron chi connectivity index (χ2n) is 5.71. The first-order valence-electron chi connectivity index (χ1n) is 7.74. The summed E-state index contributed by atoms with van der Waals surface area (Å²) < 4.78 is 3.67. The molecule has 0 bridgehead atoms. The lowest BCUT2D eigenvalue weighted by Gasteiger charge is -2.22. The Bertz CT molecular complexity index is 626. The minimum atomic E-state index is -0.119. The Morgan fingerprint density at radius 1 is 1.55 bits per heavy atom. The minimum Gasteiger partial charge on any atom is -0.350 e. The molecule has 1 aliphatic heterocycles. The van der Waals surface area contributed by atoms with E-state index in [9.17, 15) is 4.79 Å². The molecule has 0 aliphatic carbocycles. The molecule has 22 heavy (non-hydrogen) atoms. The first-order chi connectivity index (χ1) is 10.7. The number of hydrogen-bond donors (Lipinski definition) is 2. The number of carbonyl (C=O) groups is 1. The summed E-state index contributed by atoms with van der Waals surface area (Å²) in [5.41, 5.74) is 1.60. The molecule has 0 aromatic carbocycles. The van der Waals surface area contributed by atoms with Gasteiger partial charge in [-0.3, -0.25) is 14.2 Å². The van der Waals surface area contributed by atoms with Gasteiger partial charge in [-0.15, -0.1) is 0 Å². The van der Waals surface area contributed by atoms with E-state index in [2.05, 4.69) is 20.8 Å². The highest BCUT2D eigenvalue weighted by Gasteiger charge is 2.17.